The summed E-state index contributed by atoms with van der Waals surface area (Å²) in [5, 5.41) is 0.810. The Labute approximate surface area is 122 Å². The van der Waals surface area contributed by atoms with E-state index < -0.39 is 0 Å². The molecule has 0 spiro atoms. The fourth-order valence-corrected chi connectivity index (χ4v) is 2.39. The van der Waals surface area contributed by atoms with E-state index in [4.69, 9.17) is 0 Å². The molecule has 0 aliphatic heterocycles. The van der Waals surface area contributed by atoms with Gasteiger partial charge in [0.05, 0.1) is 11.3 Å². The van der Waals surface area contributed by atoms with Crippen LogP contribution in [0.5, 0.6) is 0 Å². The van der Waals surface area contributed by atoms with E-state index in [1.807, 2.05) is 30.3 Å². The van der Waals surface area contributed by atoms with Crippen molar-refractivity contribution >= 4 is 28.4 Å². The molecule has 104 valence electrons. The lowest BCUT2D eigenvalue weighted by Crippen LogP contribution is -2.35. The molecule has 2 aromatic carbocycles. The average molecular weight is 278 g/mol. The molecule has 1 aromatic heterocycles. The highest BCUT2D eigenvalue weighted by molar-refractivity contribution is 6.24. The third kappa shape index (κ3) is 2.31. The number of anilines is 1. The molecule has 1 N–H and O–H groups in total. The number of aromatic nitrogens is 1. The van der Waals surface area contributed by atoms with Crippen LogP contribution in [0.3, 0.4) is 0 Å². The van der Waals surface area contributed by atoms with Crippen molar-refractivity contribution in [2.75, 3.05) is 4.90 Å². The Morgan fingerprint density at radius 3 is 2.33 bits per heavy atom. The normalized spacial score (nSPS) is 10.5. The van der Waals surface area contributed by atoms with Gasteiger partial charge in [-0.1, -0.05) is 36.4 Å². The summed E-state index contributed by atoms with van der Waals surface area (Å²) in [7, 11) is 0. The molecule has 2 amide bonds. The van der Waals surface area contributed by atoms with Crippen LogP contribution in [-0.4, -0.2) is 16.8 Å². The molecular formula is C17H14N2O2. The lowest BCUT2D eigenvalue weighted by molar-refractivity contribution is -0.115. The second-order valence-electron chi connectivity index (χ2n) is 4.74. The number of aromatic amines is 1. The predicted octanol–water partition coefficient (Wildman–Crippen LogP) is 3.36. The Morgan fingerprint density at radius 2 is 1.62 bits per heavy atom. The molecule has 0 unspecified atom stereocenters. The van der Waals surface area contributed by atoms with Crippen molar-refractivity contribution in [1.82, 2.24) is 4.98 Å². The molecule has 0 radical (unpaired) electrons. The van der Waals surface area contributed by atoms with Crippen LogP contribution >= 0.6 is 0 Å². The van der Waals surface area contributed by atoms with E-state index in [1.54, 1.807) is 30.5 Å². The van der Waals surface area contributed by atoms with Crippen molar-refractivity contribution in [3.05, 3.63) is 66.4 Å². The lowest BCUT2D eigenvalue weighted by atomic mass is 10.1. The summed E-state index contributed by atoms with van der Waals surface area (Å²) in [5.41, 5.74) is 1.93. The summed E-state index contributed by atoms with van der Waals surface area (Å²) < 4.78 is 0. The van der Waals surface area contributed by atoms with Gasteiger partial charge in [0.1, 0.15) is 0 Å². The maximum atomic E-state index is 12.7. The minimum atomic E-state index is -0.328. The van der Waals surface area contributed by atoms with E-state index in [-0.39, 0.29) is 11.8 Å². The smallest absolute Gasteiger partial charge is 0.267 e. The van der Waals surface area contributed by atoms with Crippen LogP contribution < -0.4 is 4.90 Å². The van der Waals surface area contributed by atoms with E-state index >= 15 is 0 Å². The van der Waals surface area contributed by atoms with Gasteiger partial charge in [-0.15, -0.1) is 0 Å². The number of amides is 2. The van der Waals surface area contributed by atoms with Crippen molar-refractivity contribution in [2.24, 2.45) is 0 Å². The number of carbonyl (C=O) groups is 2. The first-order valence-corrected chi connectivity index (χ1v) is 6.64. The summed E-state index contributed by atoms with van der Waals surface area (Å²) >= 11 is 0. The quantitative estimate of drug-likeness (QED) is 0.781. The Hall–Kier alpha value is -2.88. The number of fused-ring (bicyclic) bond motifs is 1. The molecule has 0 bridgehead atoms. The van der Waals surface area contributed by atoms with Gasteiger partial charge in [0.2, 0.25) is 5.91 Å². The zero-order valence-corrected chi connectivity index (χ0v) is 11.5. The summed E-state index contributed by atoms with van der Waals surface area (Å²) in [5.74, 6) is -0.636. The van der Waals surface area contributed by atoms with E-state index in [2.05, 4.69) is 4.98 Å². The topological polar surface area (TPSA) is 53.2 Å². The van der Waals surface area contributed by atoms with Crippen LogP contribution in [0.4, 0.5) is 5.69 Å². The Balaban J connectivity index is 2.08. The number of nitrogens with zero attached hydrogens (tertiary/aromatic N) is 1. The zero-order chi connectivity index (χ0) is 14.8. The van der Waals surface area contributed by atoms with Crippen LogP contribution in [0.2, 0.25) is 0 Å². The third-order valence-electron chi connectivity index (χ3n) is 3.35. The molecule has 0 fully saturated rings. The maximum Gasteiger partial charge on any atom is 0.267 e. The Kier molecular flexibility index (Phi) is 3.28. The number of benzene rings is 2. The van der Waals surface area contributed by atoms with Crippen molar-refractivity contribution in [2.45, 2.75) is 6.92 Å². The first kappa shape index (κ1) is 13.1. The minimum Gasteiger partial charge on any atom is -0.360 e. The fraction of sp³-hybridized carbons (Fsp3) is 0.0588. The highest BCUT2D eigenvalue weighted by Gasteiger charge is 2.23. The van der Waals surface area contributed by atoms with E-state index in [9.17, 15) is 9.59 Å². The van der Waals surface area contributed by atoms with Gasteiger partial charge < -0.3 is 4.98 Å². The van der Waals surface area contributed by atoms with Crippen LogP contribution in [0.25, 0.3) is 10.9 Å². The van der Waals surface area contributed by atoms with E-state index in [0.717, 1.165) is 10.9 Å². The summed E-state index contributed by atoms with van der Waals surface area (Å²) in [6.07, 6.45) is 1.64. The van der Waals surface area contributed by atoms with E-state index in [1.165, 1.54) is 11.8 Å². The zero-order valence-electron chi connectivity index (χ0n) is 11.5. The predicted molar refractivity (Wildman–Crippen MR) is 82.2 cm³/mol. The third-order valence-corrected chi connectivity index (χ3v) is 3.35. The van der Waals surface area contributed by atoms with Crippen molar-refractivity contribution in [1.29, 1.82) is 0 Å². The molecule has 0 aliphatic rings. The molecule has 3 aromatic rings. The number of rotatable bonds is 2. The second kappa shape index (κ2) is 5.25. The van der Waals surface area contributed by atoms with Gasteiger partial charge >= 0.3 is 0 Å². The van der Waals surface area contributed by atoms with Gasteiger partial charge in [0, 0.05) is 24.0 Å². The molecule has 4 heteroatoms. The Bertz CT molecular complexity index is 806. The highest BCUT2D eigenvalue weighted by Crippen LogP contribution is 2.22. The number of imide groups is 1. The molecule has 0 saturated carbocycles. The second-order valence-corrected chi connectivity index (χ2v) is 4.74. The molecular weight excluding hydrogens is 264 g/mol. The summed E-state index contributed by atoms with van der Waals surface area (Å²) in [6.45, 7) is 1.39. The van der Waals surface area contributed by atoms with Gasteiger partial charge in [0.15, 0.2) is 0 Å². The monoisotopic (exact) mass is 278 g/mol. The lowest BCUT2D eigenvalue weighted by Gasteiger charge is -2.18. The van der Waals surface area contributed by atoms with Crippen molar-refractivity contribution in [3.8, 4) is 0 Å². The molecule has 3 rings (SSSR count). The van der Waals surface area contributed by atoms with Gasteiger partial charge in [-0.2, -0.15) is 0 Å². The van der Waals surface area contributed by atoms with Crippen LogP contribution in [0.1, 0.15) is 17.3 Å². The SMILES string of the molecule is CC(=O)N(C(=O)c1c[nH]c2ccccc12)c1ccccc1. The number of hydrogen-bond donors (Lipinski definition) is 1. The van der Waals surface area contributed by atoms with Gasteiger partial charge in [-0.05, 0) is 18.2 Å². The van der Waals surface area contributed by atoms with Crippen molar-refractivity contribution < 1.29 is 9.59 Å². The van der Waals surface area contributed by atoms with Gasteiger partial charge in [0.25, 0.3) is 5.91 Å². The number of H-pyrrole nitrogens is 1. The Morgan fingerprint density at radius 1 is 0.952 bits per heavy atom. The van der Waals surface area contributed by atoms with Crippen LogP contribution in [-0.2, 0) is 4.79 Å². The molecule has 0 aliphatic carbocycles. The van der Waals surface area contributed by atoms with Gasteiger partial charge in [-0.25, -0.2) is 4.90 Å². The molecule has 0 atom stereocenters. The van der Waals surface area contributed by atoms with Crippen LogP contribution in [0.15, 0.2) is 60.8 Å². The number of hydrogen-bond acceptors (Lipinski definition) is 2. The van der Waals surface area contributed by atoms with Crippen LogP contribution in [0, 0.1) is 0 Å². The first-order chi connectivity index (χ1) is 10.2. The number of nitrogens with one attached hydrogen (secondary N) is 1. The minimum absolute atomic E-state index is 0.309. The largest absolute Gasteiger partial charge is 0.360 e. The molecule has 4 nitrogen and oxygen atoms in total. The molecule has 21 heavy (non-hydrogen) atoms. The maximum absolute atomic E-state index is 12.7. The van der Waals surface area contributed by atoms with E-state index in [0.29, 0.717) is 11.3 Å². The molecule has 0 saturated heterocycles. The van der Waals surface area contributed by atoms with Crippen molar-refractivity contribution in [3.63, 3.8) is 0 Å². The standard InChI is InChI=1S/C17H14N2O2/c1-12(20)19(13-7-3-2-4-8-13)17(21)15-11-18-16-10-6-5-9-14(15)16/h2-11,18H,1H3. The first-order valence-electron chi connectivity index (χ1n) is 6.64. The fourth-order valence-electron chi connectivity index (χ4n) is 2.39. The summed E-state index contributed by atoms with van der Waals surface area (Å²) in [6, 6.07) is 16.5. The highest BCUT2D eigenvalue weighted by atomic mass is 16.2. The number of para-hydroxylation sites is 2. The summed E-state index contributed by atoms with van der Waals surface area (Å²) in [4.78, 5) is 28.9. The number of carbonyl (C=O) groups excluding carboxylic acids is 2. The van der Waals surface area contributed by atoms with Gasteiger partial charge in [-0.3, -0.25) is 9.59 Å². The molecule has 1 heterocycles. The average Bonchev–Trinajstić information content (AvgIpc) is 2.92.